The van der Waals surface area contributed by atoms with E-state index in [9.17, 15) is 29.4 Å². The van der Waals surface area contributed by atoms with Gasteiger partial charge in [0, 0.05) is 24.5 Å². The standard InChI is InChI=1S/C48H49N5O10/c54-39-16-14-37(38-15-18-43(56)51-45(38)39)40(55)27-49-26-36-13-17-41(62-36)46(57)50-21-24-60-47(58)33-11-9-30(10-12-33)29-61-35-8-4-7-34(25-35)44(32-5-2-1-3-6-32)52-48(59)63-42-28-53-22-19-31(42)20-23-53/h1-18,25,31,40,42,44,49,54-55H,19-24,26-29H2,(H,50,57)(H,51,56)(H,52,59)/t40?,42-,44?/m0/s1. The molecule has 3 aliphatic heterocycles. The number of esters is 1. The number of hydrogen-bond donors (Lipinski definition) is 6. The largest absolute Gasteiger partial charge is 0.506 e. The highest BCUT2D eigenvalue weighted by Gasteiger charge is 2.37. The third kappa shape index (κ3) is 10.8. The molecule has 0 saturated carbocycles. The van der Waals surface area contributed by atoms with Crippen LogP contribution in [0.15, 0.2) is 124 Å². The van der Waals surface area contributed by atoms with Crippen LogP contribution in [0.25, 0.3) is 10.9 Å². The number of ether oxygens (including phenoxy) is 3. The molecule has 326 valence electrons. The number of aromatic hydroxyl groups is 1. The SMILES string of the molecule is O=C(NC(c1ccccc1)c1cccc(OCc2ccc(C(=O)OCCNC(=O)c3ccc(CNCC(O)c4ccc(O)c5[nH]c(=O)ccc45)o3)cc2)c1)O[C@H]1CN2CCC1CC2. The van der Waals surface area contributed by atoms with Gasteiger partial charge in [-0.3, -0.25) is 14.5 Å². The van der Waals surface area contributed by atoms with Crippen molar-refractivity contribution in [1.82, 2.24) is 25.8 Å². The van der Waals surface area contributed by atoms with Crippen molar-refractivity contribution >= 4 is 28.9 Å². The molecule has 5 heterocycles. The second kappa shape index (κ2) is 19.8. The number of furan rings is 1. The van der Waals surface area contributed by atoms with Crippen LogP contribution in [-0.4, -0.2) is 83.5 Å². The van der Waals surface area contributed by atoms with E-state index >= 15 is 0 Å². The lowest BCUT2D eigenvalue weighted by Gasteiger charge is -2.43. The van der Waals surface area contributed by atoms with E-state index in [4.69, 9.17) is 18.6 Å². The summed E-state index contributed by atoms with van der Waals surface area (Å²) in [7, 11) is 0. The average molecular weight is 856 g/mol. The molecule has 3 aliphatic rings. The summed E-state index contributed by atoms with van der Waals surface area (Å²) >= 11 is 0. The third-order valence-corrected chi connectivity index (χ3v) is 11.4. The summed E-state index contributed by atoms with van der Waals surface area (Å²) in [6, 6.07) is 32.8. The van der Waals surface area contributed by atoms with Gasteiger partial charge < -0.3 is 49.8 Å². The van der Waals surface area contributed by atoms with E-state index in [0.29, 0.717) is 33.9 Å². The Hall–Kier alpha value is -6.94. The first-order valence-corrected chi connectivity index (χ1v) is 21.0. The zero-order valence-corrected chi connectivity index (χ0v) is 34.5. The molecule has 6 aromatic rings. The minimum atomic E-state index is -0.955. The van der Waals surface area contributed by atoms with E-state index in [-0.39, 0.29) is 61.5 Å². The quantitative estimate of drug-likeness (QED) is 0.0482. The van der Waals surface area contributed by atoms with Crippen LogP contribution < -0.4 is 26.2 Å². The van der Waals surface area contributed by atoms with Gasteiger partial charge in [0.2, 0.25) is 5.56 Å². The van der Waals surface area contributed by atoms with Gasteiger partial charge in [0.15, 0.2) is 5.76 Å². The topological polar surface area (TPSA) is 205 Å². The number of pyridine rings is 1. The van der Waals surface area contributed by atoms with Crippen LogP contribution >= 0.6 is 0 Å². The fourth-order valence-corrected chi connectivity index (χ4v) is 8.09. The third-order valence-electron chi connectivity index (χ3n) is 11.4. The molecular formula is C48H49N5O10. The van der Waals surface area contributed by atoms with Gasteiger partial charge >= 0.3 is 12.1 Å². The maximum Gasteiger partial charge on any atom is 0.408 e. The van der Waals surface area contributed by atoms with Crippen LogP contribution in [0.2, 0.25) is 0 Å². The van der Waals surface area contributed by atoms with E-state index < -0.39 is 30.1 Å². The van der Waals surface area contributed by atoms with E-state index in [1.165, 1.54) is 18.2 Å². The number of phenols is 1. The predicted octanol–water partition coefficient (Wildman–Crippen LogP) is 5.73. The summed E-state index contributed by atoms with van der Waals surface area (Å²) in [5.74, 6) is 0.436. The number of nitrogens with one attached hydrogen (secondary N) is 4. The van der Waals surface area contributed by atoms with Gasteiger partial charge in [-0.25, -0.2) is 9.59 Å². The number of phenolic OH excluding ortho intramolecular Hbond substituents is 1. The second-order valence-corrected chi connectivity index (χ2v) is 15.7. The van der Waals surface area contributed by atoms with Gasteiger partial charge in [-0.1, -0.05) is 60.7 Å². The van der Waals surface area contributed by atoms with Crippen molar-refractivity contribution in [3.63, 3.8) is 0 Å². The maximum atomic E-state index is 13.2. The number of aromatic amines is 1. The number of carbonyl (C=O) groups excluding carboxylic acids is 3. The Labute approximate surface area is 363 Å². The monoisotopic (exact) mass is 855 g/mol. The van der Waals surface area contributed by atoms with Crippen LogP contribution in [0.4, 0.5) is 4.79 Å². The minimum Gasteiger partial charge on any atom is -0.506 e. The highest BCUT2D eigenvalue weighted by atomic mass is 16.6. The Morgan fingerprint density at radius 2 is 1.68 bits per heavy atom. The smallest absolute Gasteiger partial charge is 0.408 e. The number of fused-ring (bicyclic) bond motifs is 4. The Morgan fingerprint density at radius 3 is 2.46 bits per heavy atom. The van der Waals surface area contributed by atoms with Gasteiger partial charge in [-0.15, -0.1) is 0 Å². The molecule has 9 rings (SSSR count). The number of carbonyl (C=O) groups is 3. The van der Waals surface area contributed by atoms with Gasteiger partial charge in [-0.05, 0) is 103 Å². The van der Waals surface area contributed by atoms with Crippen LogP contribution in [0.5, 0.6) is 11.5 Å². The lowest BCUT2D eigenvalue weighted by Crippen LogP contribution is -2.52. The minimum absolute atomic E-state index is 0.0590. The zero-order chi connectivity index (χ0) is 43.7. The van der Waals surface area contributed by atoms with Gasteiger partial charge in [-0.2, -0.15) is 0 Å². The average Bonchev–Trinajstić information content (AvgIpc) is 3.79. The molecular weight excluding hydrogens is 807 g/mol. The van der Waals surface area contributed by atoms with E-state index in [2.05, 4.69) is 25.8 Å². The van der Waals surface area contributed by atoms with E-state index in [1.807, 2.05) is 54.6 Å². The summed E-state index contributed by atoms with van der Waals surface area (Å²) in [4.78, 5) is 55.3. The summed E-state index contributed by atoms with van der Waals surface area (Å²) in [5.41, 5.74) is 3.34. The van der Waals surface area contributed by atoms with E-state index in [1.54, 1.807) is 42.5 Å². The number of hydrogen-bond acceptors (Lipinski definition) is 12. The normalized spacial score (nSPS) is 17.7. The lowest BCUT2D eigenvalue weighted by molar-refractivity contribution is -0.0336. The van der Waals surface area contributed by atoms with Crippen molar-refractivity contribution in [3.8, 4) is 11.5 Å². The zero-order valence-electron chi connectivity index (χ0n) is 34.5. The molecule has 2 amide bonds. The summed E-state index contributed by atoms with van der Waals surface area (Å²) in [6.45, 7) is 3.50. The summed E-state index contributed by atoms with van der Waals surface area (Å²) < 4.78 is 23.1. The van der Waals surface area contributed by atoms with Gasteiger partial charge in [0.1, 0.15) is 36.6 Å². The lowest BCUT2D eigenvalue weighted by atomic mass is 9.86. The number of piperidine rings is 3. The highest BCUT2D eigenvalue weighted by Crippen LogP contribution is 2.31. The first kappa shape index (κ1) is 42.7. The first-order valence-electron chi connectivity index (χ1n) is 21.0. The van der Waals surface area contributed by atoms with Crippen LogP contribution in [0.1, 0.15) is 73.9 Å². The van der Waals surface area contributed by atoms with Crippen molar-refractivity contribution in [2.75, 3.05) is 39.3 Å². The highest BCUT2D eigenvalue weighted by molar-refractivity contribution is 5.92. The molecule has 15 heteroatoms. The molecule has 0 aliphatic carbocycles. The van der Waals surface area contributed by atoms with Crippen molar-refractivity contribution in [2.45, 2.75) is 44.2 Å². The second-order valence-electron chi connectivity index (χ2n) is 15.7. The Bertz CT molecular complexity index is 2590. The molecule has 3 saturated heterocycles. The molecule has 4 aromatic carbocycles. The molecule has 15 nitrogen and oxygen atoms in total. The molecule has 0 spiro atoms. The van der Waals surface area contributed by atoms with Crippen molar-refractivity contribution in [3.05, 3.63) is 165 Å². The predicted molar refractivity (Wildman–Crippen MR) is 232 cm³/mol. The molecule has 0 radical (unpaired) electrons. The van der Waals surface area contributed by atoms with Crippen LogP contribution in [0.3, 0.4) is 0 Å². The maximum absolute atomic E-state index is 13.2. The van der Waals surface area contributed by atoms with Gasteiger partial charge in [0.25, 0.3) is 5.91 Å². The molecule has 2 unspecified atom stereocenters. The number of rotatable bonds is 17. The fraction of sp³-hybridized carbons (Fsp3) is 0.292. The first-order chi connectivity index (χ1) is 30.7. The summed E-state index contributed by atoms with van der Waals surface area (Å²) in [5, 5.41) is 30.3. The molecule has 2 aromatic heterocycles. The van der Waals surface area contributed by atoms with Crippen LogP contribution in [0, 0.1) is 5.92 Å². The number of amides is 2. The number of nitrogens with zero attached hydrogens (tertiary/aromatic N) is 1. The molecule has 3 fully saturated rings. The molecule has 63 heavy (non-hydrogen) atoms. The van der Waals surface area contributed by atoms with E-state index in [0.717, 1.165) is 49.2 Å². The Kier molecular flexibility index (Phi) is 13.5. The Balaban J connectivity index is 0.762. The van der Waals surface area contributed by atoms with Gasteiger partial charge in [0.05, 0.1) is 36.3 Å². The number of alkyl carbamates (subject to hydrolysis) is 1. The number of aliphatic hydroxyl groups is 1. The van der Waals surface area contributed by atoms with Crippen molar-refractivity contribution in [2.24, 2.45) is 5.92 Å². The van der Waals surface area contributed by atoms with Crippen molar-refractivity contribution in [1.29, 1.82) is 0 Å². The van der Waals surface area contributed by atoms with Crippen molar-refractivity contribution < 1.29 is 43.2 Å². The Morgan fingerprint density at radius 1 is 0.889 bits per heavy atom. The fourth-order valence-electron chi connectivity index (χ4n) is 8.09. The number of aromatic nitrogens is 1. The number of benzene rings is 4. The molecule has 2 bridgehead atoms. The van der Waals surface area contributed by atoms with Crippen LogP contribution in [-0.2, 0) is 22.6 Å². The number of H-pyrrole nitrogens is 1. The summed E-state index contributed by atoms with van der Waals surface area (Å²) in [6.07, 6.45) is 0.606. The molecule has 3 atom stereocenters. The molecule has 6 N–H and O–H groups in total. The number of aliphatic hydroxyl groups excluding tert-OH is 1.